The SMILES string of the molecule is CC(C)S(=O)C(C)(C)C(c1ccccc1)N([O])C(C)(C)C. The van der Waals surface area contributed by atoms with Crippen LogP contribution in [0.25, 0.3) is 0 Å². The Morgan fingerprint density at radius 3 is 1.86 bits per heavy atom. The maximum Gasteiger partial charge on any atom is 0.0805 e. The molecule has 0 saturated heterocycles. The van der Waals surface area contributed by atoms with E-state index < -0.39 is 27.1 Å². The van der Waals surface area contributed by atoms with E-state index in [0.29, 0.717) is 0 Å². The van der Waals surface area contributed by atoms with Gasteiger partial charge in [-0.2, -0.15) is 0 Å². The van der Waals surface area contributed by atoms with E-state index in [1.807, 2.05) is 78.8 Å². The Balaban J connectivity index is 3.36. The van der Waals surface area contributed by atoms with Gasteiger partial charge in [0.2, 0.25) is 0 Å². The van der Waals surface area contributed by atoms with Gasteiger partial charge < -0.3 is 0 Å². The van der Waals surface area contributed by atoms with Crippen molar-refractivity contribution in [2.75, 3.05) is 0 Å². The molecule has 0 bridgehead atoms. The summed E-state index contributed by atoms with van der Waals surface area (Å²) in [6, 6.07) is 9.22. The summed E-state index contributed by atoms with van der Waals surface area (Å²) in [7, 11) is -1.11. The summed E-state index contributed by atoms with van der Waals surface area (Å²) in [5.74, 6) is 0. The molecule has 4 heteroatoms. The molecule has 2 atom stereocenters. The van der Waals surface area contributed by atoms with Gasteiger partial charge in [-0.3, -0.25) is 4.21 Å². The lowest BCUT2D eigenvalue weighted by atomic mass is 9.91. The Bertz CT molecular complexity index is 477. The second-order valence-corrected chi connectivity index (χ2v) is 9.85. The molecule has 0 aromatic heterocycles. The summed E-state index contributed by atoms with van der Waals surface area (Å²) >= 11 is 0. The second-order valence-electron chi connectivity index (χ2n) is 7.26. The lowest BCUT2D eigenvalue weighted by molar-refractivity contribution is -0.247. The topological polar surface area (TPSA) is 40.2 Å². The van der Waals surface area contributed by atoms with Gasteiger partial charge in [0.15, 0.2) is 0 Å². The van der Waals surface area contributed by atoms with Crippen molar-refractivity contribution in [1.82, 2.24) is 5.06 Å². The third kappa shape index (κ3) is 4.15. The maximum absolute atomic E-state index is 12.9. The first-order valence-corrected chi connectivity index (χ1v) is 8.63. The number of hydrogen-bond donors (Lipinski definition) is 0. The minimum Gasteiger partial charge on any atom is -0.259 e. The van der Waals surface area contributed by atoms with Gasteiger partial charge in [0.05, 0.1) is 10.8 Å². The van der Waals surface area contributed by atoms with Crippen LogP contribution in [0.2, 0.25) is 0 Å². The van der Waals surface area contributed by atoms with E-state index in [0.717, 1.165) is 10.6 Å². The highest BCUT2D eigenvalue weighted by Crippen LogP contribution is 2.39. The highest BCUT2D eigenvalue weighted by Gasteiger charge is 2.45. The summed E-state index contributed by atoms with van der Waals surface area (Å²) in [5, 5.41) is 14.0. The molecule has 0 aliphatic rings. The molecule has 119 valence electrons. The number of nitrogens with zero attached hydrogens (tertiary/aromatic N) is 1. The van der Waals surface area contributed by atoms with E-state index >= 15 is 0 Å². The molecular weight excluding hydrogens is 282 g/mol. The van der Waals surface area contributed by atoms with Gasteiger partial charge in [0, 0.05) is 21.6 Å². The van der Waals surface area contributed by atoms with Crippen molar-refractivity contribution in [3.63, 3.8) is 0 Å². The number of benzene rings is 1. The summed E-state index contributed by atoms with van der Waals surface area (Å²) in [4.78, 5) is 0. The molecule has 0 amide bonds. The van der Waals surface area contributed by atoms with Crippen LogP contribution in [0.4, 0.5) is 0 Å². The van der Waals surface area contributed by atoms with Gasteiger partial charge in [0.25, 0.3) is 0 Å². The molecule has 0 heterocycles. The van der Waals surface area contributed by atoms with Gasteiger partial charge in [-0.1, -0.05) is 44.2 Å². The summed E-state index contributed by atoms with van der Waals surface area (Å²) < 4.78 is 12.1. The fraction of sp³-hybridized carbons (Fsp3) is 0.647. The molecule has 0 aliphatic heterocycles. The first kappa shape index (κ1) is 18.3. The highest BCUT2D eigenvalue weighted by molar-refractivity contribution is 7.87. The van der Waals surface area contributed by atoms with Crippen LogP contribution in [0.3, 0.4) is 0 Å². The standard InChI is InChI=1S/C17H28NO2S/c1-13(2)21(20)17(6,7)15(18(19)16(3,4)5)14-11-9-8-10-12-14/h8-13,15H,1-7H3. The Kier molecular flexibility index (Phi) is 5.76. The molecule has 0 fully saturated rings. The third-order valence-electron chi connectivity index (χ3n) is 3.62. The molecule has 21 heavy (non-hydrogen) atoms. The molecule has 0 saturated carbocycles. The van der Waals surface area contributed by atoms with Gasteiger partial charge in [-0.05, 0) is 40.2 Å². The Morgan fingerprint density at radius 1 is 1.00 bits per heavy atom. The van der Waals surface area contributed by atoms with Crippen LogP contribution in [-0.4, -0.2) is 24.8 Å². The van der Waals surface area contributed by atoms with E-state index in [-0.39, 0.29) is 5.25 Å². The molecule has 0 aliphatic carbocycles. The summed E-state index contributed by atoms with van der Waals surface area (Å²) in [6.45, 7) is 13.4. The molecule has 0 N–H and O–H groups in total. The van der Waals surface area contributed by atoms with Crippen molar-refractivity contribution in [3.8, 4) is 0 Å². The number of rotatable bonds is 5. The van der Waals surface area contributed by atoms with Crippen molar-refractivity contribution in [2.24, 2.45) is 0 Å². The first-order valence-electron chi connectivity index (χ1n) is 7.41. The smallest absolute Gasteiger partial charge is 0.0805 e. The minimum atomic E-state index is -1.11. The van der Waals surface area contributed by atoms with Crippen LogP contribution in [0.15, 0.2) is 30.3 Å². The Hall–Kier alpha value is -0.710. The molecule has 0 spiro atoms. The van der Waals surface area contributed by atoms with Crippen molar-refractivity contribution < 1.29 is 9.42 Å². The predicted molar refractivity (Wildman–Crippen MR) is 88.8 cm³/mol. The quantitative estimate of drug-likeness (QED) is 0.768. The van der Waals surface area contributed by atoms with E-state index in [2.05, 4.69) is 0 Å². The van der Waals surface area contributed by atoms with Crippen LogP contribution in [0, 0.1) is 0 Å². The van der Waals surface area contributed by atoms with Crippen molar-refractivity contribution >= 4 is 10.8 Å². The van der Waals surface area contributed by atoms with E-state index in [1.165, 1.54) is 0 Å². The van der Waals surface area contributed by atoms with Crippen LogP contribution in [-0.2, 0) is 16.0 Å². The lowest BCUT2D eigenvalue weighted by Gasteiger charge is -2.43. The largest absolute Gasteiger partial charge is 0.259 e. The van der Waals surface area contributed by atoms with Gasteiger partial charge in [-0.25, -0.2) is 0 Å². The third-order valence-corrected chi connectivity index (χ3v) is 5.73. The molecular formula is C17H28NO2S. The fourth-order valence-corrected chi connectivity index (χ4v) is 4.23. The molecule has 1 aromatic rings. The number of hydroxylamine groups is 2. The minimum absolute atomic E-state index is 0.0135. The normalized spacial score (nSPS) is 16.3. The number of hydrogen-bond acceptors (Lipinski definition) is 2. The lowest BCUT2D eigenvalue weighted by Crippen LogP contribution is -2.51. The molecule has 1 rings (SSSR count). The van der Waals surface area contributed by atoms with Crippen LogP contribution in [0.5, 0.6) is 0 Å². The maximum atomic E-state index is 12.9. The molecule has 3 nitrogen and oxygen atoms in total. The summed E-state index contributed by atoms with van der Waals surface area (Å²) in [6.07, 6.45) is 0. The second kappa shape index (κ2) is 6.59. The van der Waals surface area contributed by atoms with Crippen LogP contribution in [0.1, 0.15) is 60.1 Å². The zero-order valence-electron chi connectivity index (χ0n) is 14.2. The first-order chi connectivity index (χ1) is 9.49. The van der Waals surface area contributed by atoms with Crippen LogP contribution < -0.4 is 0 Å². The zero-order chi connectivity index (χ0) is 16.4. The van der Waals surface area contributed by atoms with Gasteiger partial charge in [0.1, 0.15) is 0 Å². The zero-order valence-corrected chi connectivity index (χ0v) is 15.0. The van der Waals surface area contributed by atoms with E-state index in [1.54, 1.807) is 0 Å². The Morgan fingerprint density at radius 2 is 1.48 bits per heavy atom. The molecule has 1 radical (unpaired) electrons. The van der Waals surface area contributed by atoms with E-state index in [9.17, 15) is 9.42 Å². The van der Waals surface area contributed by atoms with Crippen molar-refractivity contribution in [2.45, 2.75) is 70.0 Å². The average molecular weight is 310 g/mol. The highest BCUT2D eigenvalue weighted by atomic mass is 32.2. The van der Waals surface area contributed by atoms with Crippen LogP contribution >= 0.6 is 0 Å². The van der Waals surface area contributed by atoms with Crippen molar-refractivity contribution in [3.05, 3.63) is 35.9 Å². The monoisotopic (exact) mass is 310 g/mol. The predicted octanol–water partition coefficient (Wildman–Crippen LogP) is 4.11. The Labute approximate surface area is 131 Å². The fourth-order valence-electron chi connectivity index (χ4n) is 2.56. The van der Waals surface area contributed by atoms with Crippen molar-refractivity contribution in [1.29, 1.82) is 0 Å². The van der Waals surface area contributed by atoms with Gasteiger partial charge >= 0.3 is 0 Å². The average Bonchev–Trinajstić information content (AvgIpc) is 2.37. The summed E-state index contributed by atoms with van der Waals surface area (Å²) in [5.41, 5.74) is 0.375. The molecule has 2 unspecified atom stereocenters. The molecule has 1 aromatic carbocycles. The van der Waals surface area contributed by atoms with E-state index in [4.69, 9.17) is 0 Å². The van der Waals surface area contributed by atoms with Gasteiger partial charge in [-0.15, -0.1) is 10.3 Å².